The minimum absolute atomic E-state index is 0.0240. The lowest BCUT2D eigenvalue weighted by Crippen LogP contribution is -2.48. The van der Waals surface area contributed by atoms with Crippen molar-refractivity contribution in [2.24, 2.45) is 5.92 Å². The molecule has 3 rings (SSSR count). The molecule has 0 spiro atoms. The molecule has 2 heterocycles. The summed E-state index contributed by atoms with van der Waals surface area (Å²) in [4.78, 5) is 25.9. The van der Waals surface area contributed by atoms with Gasteiger partial charge >= 0.3 is 0 Å². The minimum atomic E-state index is -0.255. The minimum Gasteiger partial charge on any atom is -0.344 e. The molecule has 3 fully saturated rings. The van der Waals surface area contributed by atoms with Crippen LogP contribution in [0.25, 0.3) is 0 Å². The summed E-state index contributed by atoms with van der Waals surface area (Å²) in [6.45, 7) is 3.02. The van der Waals surface area contributed by atoms with Gasteiger partial charge in [0.15, 0.2) is 0 Å². The number of piperidine rings is 1. The van der Waals surface area contributed by atoms with Crippen LogP contribution in [0.4, 0.5) is 0 Å². The smallest absolute Gasteiger partial charge is 0.245 e. The van der Waals surface area contributed by atoms with Gasteiger partial charge < -0.3 is 15.5 Å². The van der Waals surface area contributed by atoms with Gasteiger partial charge in [-0.15, -0.1) is 0 Å². The van der Waals surface area contributed by atoms with Crippen molar-refractivity contribution in [1.29, 1.82) is 0 Å². The van der Waals surface area contributed by atoms with Crippen molar-refractivity contribution >= 4 is 11.8 Å². The second-order valence-electron chi connectivity index (χ2n) is 6.07. The average Bonchev–Trinajstić information content (AvgIpc) is 3.18. The highest BCUT2D eigenvalue weighted by Crippen LogP contribution is 2.30. The zero-order valence-electron chi connectivity index (χ0n) is 11.4. The van der Waals surface area contributed by atoms with Gasteiger partial charge in [0.2, 0.25) is 11.8 Å². The summed E-state index contributed by atoms with van der Waals surface area (Å²) >= 11 is 0. The second-order valence-corrected chi connectivity index (χ2v) is 6.07. The number of nitrogens with one attached hydrogen (secondary N) is 2. The second kappa shape index (κ2) is 5.49. The highest BCUT2D eigenvalue weighted by atomic mass is 16.2. The predicted molar refractivity (Wildman–Crippen MR) is 71.5 cm³/mol. The highest BCUT2D eigenvalue weighted by molar-refractivity contribution is 5.91. The summed E-state index contributed by atoms with van der Waals surface area (Å²) in [5.74, 6) is 0.811. The molecule has 1 saturated carbocycles. The Labute approximate surface area is 114 Å². The summed E-state index contributed by atoms with van der Waals surface area (Å²) in [7, 11) is 0. The van der Waals surface area contributed by atoms with Gasteiger partial charge in [-0.1, -0.05) is 0 Å². The molecule has 1 aliphatic carbocycles. The van der Waals surface area contributed by atoms with Crippen LogP contribution < -0.4 is 10.6 Å². The Balaban J connectivity index is 1.60. The number of hydrogen-bond acceptors (Lipinski definition) is 3. The quantitative estimate of drug-likeness (QED) is 0.766. The molecule has 0 aromatic carbocycles. The zero-order chi connectivity index (χ0) is 13.2. The van der Waals surface area contributed by atoms with Crippen LogP contribution >= 0.6 is 0 Å². The molecule has 19 heavy (non-hydrogen) atoms. The molecular weight excluding hydrogens is 242 g/mol. The third kappa shape index (κ3) is 3.08. The number of amides is 2. The van der Waals surface area contributed by atoms with Crippen molar-refractivity contribution in [3.8, 4) is 0 Å². The van der Waals surface area contributed by atoms with Gasteiger partial charge in [0.25, 0.3) is 0 Å². The molecule has 0 unspecified atom stereocenters. The molecular formula is C14H23N3O2. The van der Waals surface area contributed by atoms with Crippen LogP contribution in [0.2, 0.25) is 0 Å². The first-order valence-corrected chi connectivity index (χ1v) is 7.54. The van der Waals surface area contributed by atoms with E-state index in [0.29, 0.717) is 24.8 Å². The molecule has 2 aliphatic heterocycles. The monoisotopic (exact) mass is 265 g/mol. The first-order valence-electron chi connectivity index (χ1n) is 7.54. The Bertz CT molecular complexity index is 362. The Morgan fingerprint density at radius 1 is 1.16 bits per heavy atom. The van der Waals surface area contributed by atoms with Crippen molar-refractivity contribution in [3.05, 3.63) is 0 Å². The molecule has 5 nitrogen and oxygen atoms in total. The molecule has 0 radical (unpaired) electrons. The molecule has 5 heteroatoms. The molecule has 2 saturated heterocycles. The third-order valence-electron chi connectivity index (χ3n) is 4.48. The fourth-order valence-electron chi connectivity index (χ4n) is 3.15. The van der Waals surface area contributed by atoms with Crippen LogP contribution in [0, 0.1) is 5.92 Å². The fourth-order valence-corrected chi connectivity index (χ4v) is 3.15. The average molecular weight is 265 g/mol. The van der Waals surface area contributed by atoms with Gasteiger partial charge in [0.05, 0.1) is 0 Å². The molecule has 0 aromatic rings. The molecule has 3 aliphatic rings. The van der Waals surface area contributed by atoms with Crippen LogP contribution in [0.5, 0.6) is 0 Å². The SMILES string of the molecule is O=C1CC[C@H](C(=O)N(CC2CCNCC2)C2CC2)N1. The number of carbonyl (C=O) groups excluding carboxylic acids is 2. The Hall–Kier alpha value is -1.10. The molecule has 2 amide bonds. The van der Waals surface area contributed by atoms with Gasteiger partial charge in [-0.25, -0.2) is 0 Å². The van der Waals surface area contributed by atoms with E-state index in [-0.39, 0.29) is 17.9 Å². The first kappa shape index (κ1) is 12.9. The van der Waals surface area contributed by atoms with Crippen LogP contribution in [0.3, 0.4) is 0 Å². The fraction of sp³-hybridized carbons (Fsp3) is 0.857. The number of rotatable bonds is 4. The highest BCUT2D eigenvalue weighted by Gasteiger charge is 2.39. The largest absolute Gasteiger partial charge is 0.344 e. The van der Waals surface area contributed by atoms with Crippen molar-refractivity contribution in [1.82, 2.24) is 15.5 Å². The molecule has 106 valence electrons. The third-order valence-corrected chi connectivity index (χ3v) is 4.48. The van der Waals surface area contributed by atoms with Crippen molar-refractivity contribution < 1.29 is 9.59 Å². The van der Waals surface area contributed by atoms with Crippen LogP contribution in [-0.4, -0.2) is 48.4 Å². The van der Waals surface area contributed by atoms with E-state index in [1.807, 2.05) is 0 Å². The Kier molecular flexibility index (Phi) is 3.73. The molecule has 0 aromatic heterocycles. The maximum absolute atomic E-state index is 12.5. The number of nitrogens with zero attached hydrogens (tertiary/aromatic N) is 1. The Morgan fingerprint density at radius 3 is 2.47 bits per heavy atom. The van der Waals surface area contributed by atoms with Crippen LogP contribution in [0.15, 0.2) is 0 Å². The topological polar surface area (TPSA) is 61.4 Å². The lowest BCUT2D eigenvalue weighted by Gasteiger charge is -2.31. The molecule has 2 N–H and O–H groups in total. The van der Waals surface area contributed by atoms with E-state index in [0.717, 1.165) is 45.3 Å². The van der Waals surface area contributed by atoms with E-state index in [4.69, 9.17) is 0 Å². The number of carbonyl (C=O) groups is 2. The maximum Gasteiger partial charge on any atom is 0.245 e. The van der Waals surface area contributed by atoms with Gasteiger partial charge in [-0.3, -0.25) is 9.59 Å². The van der Waals surface area contributed by atoms with Crippen molar-refractivity contribution in [2.75, 3.05) is 19.6 Å². The maximum atomic E-state index is 12.5. The van der Waals surface area contributed by atoms with E-state index in [1.54, 1.807) is 0 Å². The molecule has 1 atom stereocenters. The summed E-state index contributed by atoms with van der Waals surface area (Å²) in [6, 6.07) is 0.190. The van der Waals surface area contributed by atoms with Crippen molar-refractivity contribution in [3.63, 3.8) is 0 Å². The van der Waals surface area contributed by atoms with Gasteiger partial charge in [-0.05, 0) is 51.1 Å². The summed E-state index contributed by atoms with van der Waals surface area (Å²) in [5.41, 5.74) is 0. The van der Waals surface area contributed by atoms with Crippen LogP contribution in [-0.2, 0) is 9.59 Å². The summed E-state index contributed by atoms with van der Waals surface area (Å²) in [5, 5.41) is 6.17. The van der Waals surface area contributed by atoms with E-state index in [9.17, 15) is 9.59 Å². The first-order chi connectivity index (χ1) is 9.24. The Morgan fingerprint density at radius 2 is 1.89 bits per heavy atom. The van der Waals surface area contributed by atoms with Gasteiger partial charge in [0.1, 0.15) is 6.04 Å². The summed E-state index contributed by atoms with van der Waals surface area (Å²) < 4.78 is 0. The van der Waals surface area contributed by atoms with E-state index in [1.165, 1.54) is 0 Å². The predicted octanol–water partition coefficient (Wildman–Crippen LogP) is 0.256. The van der Waals surface area contributed by atoms with Crippen molar-refractivity contribution in [2.45, 2.75) is 50.6 Å². The lowest BCUT2D eigenvalue weighted by atomic mass is 9.97. The zero-order valence-corrected chi connectivity index (χ0v) is 11.4. The lowest BCUT2D eigenvalue weighted by molar-refractivity contribution is -0.135. The van der Waals surface area contributed by atoms with Gasteiger partial charge in [-0.2, -0.15) is 0 Å². The molecule has 0 bridgehead atoms. The standard InChI is InChI=1S/C14H23N3O2/c18-13-4-3-12(16-13)14(19)17(11-1-2-11)9-10-5-7-15-8-6-10/h10-12,15H,1-9H2,(H,16,18)/t12-/m1/s1. The van der Waals surface area contributed by atoms with E-state index >= 15 is 0 Å². The van der Waals surface area contributed by atoms with E-state index < -0.39 is 0 Å². The van der Waals surface area contributed by atoms with Crippen LogP contribution in [0.1, 0.15) is 38.5 Å². The summed E-state index contributed by atoms with van der Waals surface area (Å²) in [6.07, 6.45) is 5.77. The normalized spacial score (nSPS) is 28.2. The van der Waals surface area contributed by atoms with Gasteiger partial charge in [0, 0.05) is 19.0 Å². The van der Waals surface area contributed by atoms with E-state index in [2.05, 4.69) is 15.5 Å². The number of hydrogen-bond donors (Lipinski definition) is 2.